The molecule has 3 nitrogen and oxygen atoms in total. The number of amides is 1. The molecule has 3 N–H and O–H groups in total. The van der Waals surface area contributed by atoms with Gasteiger partial charge >= 0.3 is 0 Å². The number of carbonyl (C=O) groups is 1. The summed E-state index contributed by atoms with van der Waals surface area (Å²) in [5, 5.41) is 3.27. The molecule has 1 rings (SSSR count). The summed E-state index contributed by atoms with van der Waals surface area (Å²) in [7, 11) is 0. The summed E-state index contributed by atoms with van der Waals surface area (Å²) in [6.45, 7) is 6.80. The van der Waals surface area contributed by atoms with Gasteiger partial charge in [-0.1, -0.05) is 26.0 Å². The Labute approximate surface area is 114 Å². The lowest BCUT2D eigenvalue weighted by Crippen LogP contribution is -2.51. The van der Waals surface area contributed by atoms with Gasteiger partial charge in [-0.2, -0.15) is 0 Å². The van der Waals surface area contributed by atoms with E-state index < -0.39 is 5.54 Å². The Kier molecular flexibility index (Phi) is 5.23. The third-order valence-corrected chi connectivity index (χ3v) is 3.77. The van der Waals surface area contributed by atoms with Crippen molar-refractivity contribution in [3.63, 3.8) is 0 Å². The first-order valence-corrected chi connectivity index (χ1v) is 7.32. The number of nitrogens with two attached hydrogens (primary N) is 1. The van der Waals surface area contributed by atoms with Crippen LogP contribution in [0.2, 0.25) is 0 Å². The van der Waals surface area contributed by atoms with E-state index >= 15 is 0 Å². The minimum absolute atomic E-state index is 0.347. The van der Waals surface area contributed by atoms with Crippen LogP contribution < -0.4 is 11.1 Å². The largest absolute Gasteiger partial charge is 0.368 e. The number of thioether (sulfide) groups is 1. The summed E-state index contributed by atoms with van der Waals surface area (Å²) in [5.41, 5.74) is 5.66. The van der Waals surface area contributed by atoms with Gasteiger partial charge in [0.05, 0.1) is 0 Å². The number of hydrogen-bond donors (Lipinski definition) is 2. The van der Waals surface area contributed by atoms with E-state index in [1.807, 2.05) is 37.4 Å². The van der Waals surface area contributed by atoms with Crippen molar-refractivity contribution in [2.24, 2.45) is 11.7 Å². The summed E-state index contributed by atoms with van der Waals surface area (Å²) in [6, 6.07) is 7.95. The van der Waals surface area contributed by atoms with Gasteiger partial charge in [0.1, 0.15) is 5.54 Å². The maximum atomic E-state index is 11.7. The molecule has 0 aliphatic carbocycles. The molecule has 100 valence electrons. The van der Waals surface area contributed by atoms with Gasteiger partial charge in [-0.25, -0.2) is 0 Å². The fourth-order valence-corrected chi connectivity index (χ4v) is 2.07. The van der Waals surface area contributed by atoms with E-state index in [1.54, 1.807) is 11.8 Å². The normalized spacial score (nSPS) is 14.5. The van der Waals surface area contributed by atoms with Gasteiger partial charge in [-0.05, 0) is 43.3 Å². The average Bonchev–Trinajstić information content (AvgIpc) is 2.35. The van der Waals surface area contributed by atoms with Crippen LogP contribution in [0, 0.1) is 5.92 Å². The van der Waals surface area contributed by atoms with Crippen LogP contribution >= 0.6 is 11.8 Å². The van der Waals surface area contributed by atoms with E-state index in [0.29, 0.717) is 5.92 Å². The number of nitrogens with one attached hydrogen (secondary N) is 1. The lowest BCUT2D eigenvalue weighted by molar-refractivity contribution is -0.124. The first-order chi connectivity index (χ1) is 8.40. The summed E-state index contributed by atoms with van der Waals surface area (Å²) in [6.07, 6.45) is 2.03. The second-order valence-electron chi connectivity index (χ2n) is 4.99. The molecule has 0 heterocycles. The van der Waals surface area contributed by atoms with Gasteiger partial charge in [0, 0.05) is 4.90 Å². The molecule has 1 aromatic rings. The highest BCUT2D eigenvalue weighted by Crippen LogP contribution is 2.23. The Bertz CT molecular complexity index is 403. The van der Waals surface area contributed by atoms with E-state index in [0.717, 1.165) is 12.1 Å². The van der Waals surface area contributed by atoms with Gasteiger partial charge in [-0.3, -0.25) is 10.1 Å². The molecule has 0 aliphatic rings. The van der Waals surface area contributed by atoms with Gasteiger partial charge in [0.2, 0.25) is 5.91 Å². The standard InChI is InChI=1S/C14H22N2OS/c1-10(2)9-16-14(3,13(15)17)11-5-7-12(18-4)8-6-11/h5-8,10,16H,9H2,1-4H3,(H2,15,17). The van der Waals surface area contributed by atoms with Crippen LogP contribution in [-0.4, -0.2) is 18.7 Å². The lowest BCUT2D eigenvalue weighted by Gasteiger charge is -2.29. The topological polar surface area (TPSA) is 55.1 Å². The molecule has 1 aromatic carbocycles. The van der Waals surface area contributed by atoms with Gasteiger partial charge in [0.15, 0.2) is 0 Å². The number of carbonyl (C=O) groups excluding carboxylic acids is 1. The second kappa shape index (κ2) is 6.25. The number of hydrogen-bond acceptors (Lipinski definition) is 3. The Morgan fingerprint density at radius 3 is 2.33 bits per heavy atom. The van der Waals surface area contributed by atoms with Crippen LogP contribution in [0.3, 0.4) is 0 Å². The smallest absolute Gasteiger partial charge is 0.242 e. The summed E-state index contributed by atoms with van der Waals surface area (Å²) >= 11 is 1.68. The van der Waals surface area contributed by atoms with Crippen molar-refractivity contribution in [2.45, 2.75) is 31.2 Å². The fraction of sp³-hybridized carbons (Fsp3) is 0.500. The van der Waals surface area contributed by atoms with Crippen molar-refractivity contribution in [3.8, 4) is 0 Å². The van der Waals surface area contributed by atoms with Crippen LogP contribution in [0.5, 0.6) is 0 Å². The first-order valence-electron chi connectivity index (χ1n) is 6.09. The predicted octanol–water partition coefficient (Wildman–Crippen LogP) is 2.35. The number of benzene rings is 1. The van der Waals surface area contributed by atoms with Crippen molar-refractivity contribution in [1.82, 2.24) is 5.32 Å². The number of primary amides is 1. The molecule has 0 saturated carbocycles. The number of rotatable bonds is 6. The van der Waals surface area contributed by atoms with Crippen LogP contribution in [0.15, 0.2) is 29.2 Å². The Morgan fingerprint density at radius 1 is 1.39 bits per heavy atom. The highest BCUT2D eigenvalue weighted by atomic mass is 32.2. The highest BCUT2D eigenvalue weighted by molar-refractivity contribution is 7.98. The maximum Gasteiger partial charge on any atom is 0.242 e. The quantitative estimate of drug-likeness (QED) is 0.777. The van der Waals surface area contributed by atoms with Crippen molar-refractivity contribution in [2.75, 3.05) is 12.8 Å². The lowest BCUT2D eigenvalue weighted by atomic mass is 9.90. The molecule has 1 amide bonds. The second-order valence-corrected chi connectivity index (χ2v) is 5.87. The highest BCUT2D eigenvalue weighted by Gasteiger charge is 2.32. The molecule has 0 bridgehead atoms. The molecule has 1 atom stereocenters. The van der Waals surface area contributed by atoms with Crippen molar-refractivity contribution in [3.05, 3.63) is 29.8 Å². The molecular weight excluding hydrogens is 244 g/mol. The molecule has 0 aliphatic heterocycles. The molecule has 0 spiro atoms. The maximum absolute atomic E-state index is 11.7. The van der Waals surface area contributed by atoms with Crippen LogP contribution in [0.25, 0.3) is 0 Å². The molecule has 0 aromatic heterocycles. The molecule has 0 radical (unpaired) electrons. The van der Waals surface area contributed by atoms with Crippen molar-refractivity contribution in [1.29, 1.82) is 0 Å². The SMILES string of the molecule is CSc1ccc(C(C)(NCC(C)C)C(N)=O)cc1. The van der Waals surface area contributed by atoms with E-state index in [2.05, 4.69) is 19.2 Å². The first kappa shape index (κ1) is 15.1. The molecule has 0 fully saturated rings. The van der Waals surface area contributed by atoms with Crippen LogP contribution in [0.4, 0.5) is 0 Å². The van der Waals surface area contributed by atoms with Crippen LogP contribution in [-0.2, 0) is 10.3 Å². The van der Waals surface area contributed by atoms with Gasteiger partial charge in [-0.15, -0.1) is 11.8 Å². The summed E-state index contributed by atoms with van der Waals surface area (Å²) < 4.78 is 0. The average molecular weight is 266 g/mol. The van der Waals surface area contributed by atoms with E-state index in [9.17, 15) is 4.79 Å². The molecule has 1 unspecified atom stereocenters. The Morgan fingerprint density at radius 2 is 1.94 bits per heavy atom. The van der Waals surface area contributed by atoms with Gasteiger partial charge in [0.25, 0.3) is 0 Å². The van der Waals surface area contributed by atoms with Crippen LogP contribution in [0.1, 0.15) is 26.3 Å². The summed E-state index contributed by atoms with van der Waals surface area (Å²) in [4.78, 5) is 12.9. The molecule has 0 saturated heterocycles. The molecular formula is C14H22N2OS. The minimum Gasteiger partial charge on any atom is -0.368 e. The zero-order chi connectivity index (χ0) is 13.8. The summed E-state index contributed by atoms with van der Waals surface area (Å²) in [5.74, 6) is 0.120. The zero-order valence-electron chi connectivity index (χ0n) is 11.5. The van der Waals surface area contributed by atoms with E-state index in [4.69, 9.17) is 5.73 Å². The Balaban J connectivity index is 2.98. The van der Waals surface area contributed by atoms with Crippen molar-refractivity contribution < 1.29 is 4.79 Å². The zero-order valence-corrected chi connectivity index (χ0v) is 12.3. The third-order valence-electron chi connectivity index (χ3n) is 3.02. The monoisotopic (exact) mass is 266 g/mol. The Hall–Kier alpha value is -1.00. The minimum atomic E-state index is -0.804. The van der Waals surface area contributed by atoms with Gasteiger partial charge < -0.3 is 5.73 Å². The van der Waals surface area contributed by atoms with E-state index in [-0.39, 0.29) is 5.91 Å². The molecule has 18 heavy (non-hydrogen) atoms. The van der Waals surface area contributed by atoms with E-state index in [1.165, 1.54) is 4.90 Å². The predicted molar refractivity (Wildman–Crippen MR) is 77.6 cm³/mol. The van der Waals surface area contributed by atoms with Crippen molar-refractivity contribution >= 4 is 17.7 Å². The molecule has 4 heteroatoms. The third kappa shape index (κ3) is 3.50. The fourth-order valence-electron chi connectivity index (χ4n) is 1.66.